The number of fused-ring (bicyclic) bond motifs is 1. The molecule has 0 atom stereocenters. The van der Waals surface area contributed by atoms with Gasteiger partial charge in [0.05, 0.1) is 12.8 Å². The van der Waals surface area contributed by atoms with E-state index in [-0.39, 0.29) is 5.84 Å². The van der Waals surface area contributed by atoms with Crippen molar-refractivity contribution in [3.8, 4) is 16.9 Å². The Kier molecular flexibility index (Phi) is 6.42. The quantitative estimate of drug-likeness (QED) is 0.314. The molecule has 0 amide bonds. The van der Waals surface area contributed by atoms with Crippen molar-refractivity contribution in [2.45, 2.75) is 19.4 Å². The second kappa shape index (κ2) is 9.57. The van der Waals surface area contributed by atoms with Gasteiger partial charge in [-0.15, -0.1) is 0 Å². The minimum absolute atomic E-state index is 0.0395. The van der Waals surface area contributed by atoms with E-state index in [1.165, 1.54) is 17.5 Å². The minimum Gasteiger partial charge on any atom is -0.495 e. The number of aliphatic imine (C=N–C) groups is 1. The van der Waals surface area contributed by atoms with E-state index in [0.29, 0.717) is 29.3 Å². The first-order valence-electron chi connectivity index (χ1n) is 10.5. The summed E-state index contributed by atoms with van der Waals surface area (Å²) in [7, 11) is 1.55. The van der Waals surface area contributed by atoms with Crippen LogP contribution in [-0.4, -0.2) is 46.7 Å². The largest absolute Gasteiger partial charge is 0.495 e. The topological polar surface area (TPSA) is 126 Å². The van der Waals surface area contributed by atoms with Crippen molar-refractivity contribution >= 4 is 17.4 Å². The van der Waals surface area contributed by atoms with Gasteiger partial charge >= 0.3 is 0 Å². The molecule has 32 heavy (non-hydrogen) atoms. The van der Waals surface area contributed by atoms with Gasteiger partial charge in [-0.25, -0.2) is 15.0 Å². The first-order valence-corrected chi connectivity index (χ1v) is 10.5. The third-order valence-electron chi connectivity index (χ3n) is 5.67. The van der Waals surface area contributed by atoms with E-state index < -0.39 is 0 Å². The Morgan fingerprint density at radius 2 is 1.97 bits per heavy atom. The summed E-state index contributed by atoms with van der Waals surface area (Å²) in [6.45, 7) is 2.59. The minimum atomic E-state index is 0.0395. The van der Waals surface area contributed by atoms with Gasteiger partial charge in [0.1, 0.15) is 17.9 Å². The summed E-state index contributed by atoms with van der Waals surface area (Å²) in [5, 5.41) is 8.27. The zero-order chi connectivity index (χ0) is 22.5. The van der Waals surface area contributed by atoms with Gasteiger partial charge in [0, 0.05) is 49.6 Å². The van der Waals surface area contributed by atoms with E-state index in [9.17, 15) is 0 Å². The van der Waals surface area contributed by atoms with Crippen LogP contribution in [0, 0.1) is 5.41 Å². The highest BCUT2D eigenvalue weighted by molar-refractivity contribution is 6.08. The van der Waals surface area contributed by atoms with E-state index in [0.717, 1.165) is 37.2 Å². The van der Waals surface area contributed by atoms with E-state index >= 15 is 0 Å². The number of benzene rings is 2. The number of nitrogens with zero attached hydrogens (tertiary/aromatic N) is 4. The number of nitrogens with two attached hydrogens (primary N) is 2. The highest BCUT2D eigenvalue weighted by Crippen LogP contribution is 2.26. The number of hydrogen-bond donors (Lipinski definition) is 3. The van der Waals surface area contributed by atoms with Crippen LogP contribution < -0.4 is 16.2 Å². The summed E-state index contributed by atoms with van der Waals surface area (Å²) >= 11 is 0. The molecule has 5 N–H and O–H groups in total. The number of rotatable bonds is 6. The number of aromatic nitrogens is 2. The first kappa shape index (κ1) is 21.5. The number of hydrogen-bond acceptors (Lipinski definition) is 6. The summed E-state index contributed by atoms with van der Waals surface area (Å²) in [6, 6.07) is 11.8. The summed E-state index contributed by atoms with van der Waals surface area (Å²) in [4.78, 5) is 14.9. The molecule has 4 rings (SSSR count). The standard InChI is InChI=1S/C24H27N7O/c1-32-21-4-2-3-20(23(21)26)24(27)30-22(25)8-10-31-9-7-16-5-6-17(11-18(16)14-31)19-12-28-15-29-13-19/h2-6,11-13,15H,7-10,14,26H2,1H3,(H3,25,27,30). The fourth-order valence-electron chi connectivity index (χ4n) is 3.90. The SMILES string of the molecule is COc1cccc(C(=N)N=C(N)CCN2CCc3ccc(-c4cncnc4)cc3C2)c1N. The van der Waals surface area contributed by atoms with Gasteiger partial charge in [0.25, 0.3) is 0 Å². The molecule has 164 valence electrons. The third-order valence-corrected chi connectivity index (χ3v) is 5.67. The van der Waals surface area contributed by atoms with Crippen LogP contribution in [-0.2, 0) is 13.0 Å². The zero-order valence-corrected chi connectivity index (χ0v) is 18.1. The number of amidine groups is 2. The lowest BCUT2D eigenvalue weighted by molar-refractivity contribution is 0.261. The molecule has 1 aromatic heterocycles. The fraction of sp³-hybridized carbons (Fsp3) is 0.250. The Morgan fingerprint density at radius 3 is 2.75 bits per heavy atom. The van der Waals surface area contributed by atoms with E-state index in [1.807, 2.05) is 12.4 Å². The molecule has 0 spiro atoms. The predicted molar refractivity (Wildman–Crippen MR) is 127 cm³/mol. The number of ether oxygens (including phenoxy) is 1. The highest BCUT2D eigenvalue weighted by Gasteiger charge is 2.17. The molecular weight excluding hydrogens is 402 g/mol. The van der Waals surface area contributed by atoms with Crippen molar-refractivity contribution in [2.24, 2.45) is 10.7 Å². The maximum absolute atomic E-state index is 8.27. The average Bonchev–Trinajstić information content (AvgIpc) is 2.83. The van der Waals surface area contributed by atoms with E-state index in [4.69, 9.17) is 21.6 Å². The summed E-state index contributed by atoms with van der Waals surface area (Å²) in [6.07, 6.45) is 6.77. The number of methoxy groups -OCH3 is 1. The van der Waals surface area contributed by atoms with Gasteiger partial charge in [0.15, 0.2) is 5.84 Å². The number of nitrogen functional groups attached to an aromatic ring is 1. The Morgan fingerprint density at radius 1 is 1.16 bits per heavy atom. The molecule has 8 heteroatoms. The van der Waals surface area contributed by atoms with Gasteiger partial charge in [0.2, 0.25) is 0 Å². The summed E-state index contributed by atoms with van der Waals surface area (Å²) in [5.41, 5.74) is 17.9. The molecule has 3 aromatic rings. The lowest BCUT2D eigenvalue weighted by Crippen LogP contribution is -2.33. The average molecular weight is 430 g/mol. The second-order valence-corrected chi connectivity index (χ2v) is 7.76. The van der Waals surface area contributed by atoms with Crippen molar-refractivity contribution in [2.75, 3.05) is 25.9 Å². The first-order chi connectivity index (χ1) is 15.5. The molecule has 0 aliphatic carbocycles. The van der Waals surface area contributed by atoms with Crippen molar-refractivity contribution in [3.63, 3.8) is 0 Å². The van der Waals surface area contributed by atoms with Crippen molar-refractivity contribution in [3.05, 3.63) is 71.8 Å². The molecule has 2 aromatic carbocycles. The van der Waals surface area contributed by atoms with Crippen LogP contribution in [0.1, 0.15) is 23.1 Å². The molecule has 0 fully saturated rings. The summed E-state index contributed by atoms with van der Waals surface area (Å²) < 4.78 is 5.22. The Hall–Kier alpha value is -3.78. The Labute approximate surface area is 187 Å². The smallest absolute Gasteiger partial charge is 0.156 e. The van der Waals surface area contributed by atoms with Crippen LogP contribution in [0.5, 0.6) is 5.75 Å². The summed E-state index contributed by atoms with van der Waals surface area (Å²) in [5.74, 6) is 0.977. The van der Waals surface area contributed by atoms with Gasteiger partial charge in [-0.05, 0) is 41.3 Å². The van der Waals surface area contributed by atoms with Crippen molar-refractivity contribution < 1.29 is 4.74 Å². The molecule has 1 aliphatic heterocycles. The molecule has 1 aliphatic rings. The molecule has 0 saturated carbocycles. The van der Waals surface area contributed by atoms with Gasteiger partial charge in [-0.2, -0.15) is 0 Å². The molecule has 0 unspecified atom stereocenters. The molecular formula is C24H27N7O. The zero-order valence-electron chi connectivity index (χ0n) is 18.1. The Bertz CT molecular complexity index is 1140. The van der Waals surface area contributed by atoms with Crippen LogP contribution in [0.25, 0.3) is 11.1 Å². The normalized spacial score (nSPS) is 14.1. The predicted octanol–water partition coefficient (Wildman–Crippen LogP) is 2.87. The van der Waals surface area contributed by atoms with E-state index in [1.54, 1.807) is 25.3 Å². The van der Waals surface area contributed by atoms with Gasteiger partial charge < -0.3 is 16.2 Å². The maximum Gasteiger partial charge on any atom is 0.156 e. The van der Waals surface area contributed by atoms with Crippen molar-refractivity contribution in [1.82, 2.24) is 14.9 Å². The molecule has 2 heterocycles. The lowest BCUT2D eigenvalue weighted by Gasteiger charge is -2.29. The van der Waals surface area contributed by atoms with Crippen LogP contribution in [0.3, 0.4) is 0 Å². The van der Waals surface area contributed by atoms with Gasteiger partial charge in [-0.1, -0.05) is 18.2 Å². The fourth-order valence-corrected chi connectivity index (χ4v) is 3.90. The second-order valence-electron chi connectivity index (χ2n) is 7.76. The lowest BCUT2D eigenvalue weighted by atomic mass is 9.95. The molecule has 0 radical (unpaired) electrons. The highest BCUT2D eigenvalue weighted by atomic mass is 16.5. The monoisotopic (exact) mass is 429 g/mol. The van der Waals surface area contributed by atoms with Crippen molar-refractivity contribution in [1.29, 1.82) is 5.41 Å². The van der Waals surface area contributed by atoms with Crippen LogP contribution in [0.2, 0.25) is 0 Å². The molecule has 8 nitrogen and oxygen atoms in total. The van der Waals surface area contributed by atoms with Crippen LogP contribution >= 0.6 is 0 Å². The number of para-hydroxylation sites is 1. The third kappa shape index (κ3) is 4.76. The maximum atomic E-state index is 8.27. The molecule has 0 saturated heterocycles. The van der Waals surface area contributed by atoms with E-state index in [2.05, 4.69) is 38.1 Å². The molecule has 0 bridgehead atoms. The Balaban J connectivity index is 1.39. The van der Waals surface area contributed by atoms with Gasteiger partial charge in [-0.3, -0.25) is 10.3 Å². The number of nitrogens with one attached hydrogen (secondary N) is 1. The van der Waals surface area contributed by atoms with Crippen LogP contribution in [0.4, 0.5) is 5.69 Å². The van der Waals surface area contributed by atoms with Crippen LogP contribution in [0.15, 0.2) is 60.1 Å². The number of anilines is 1.